The number of hydrogen-bond acceptors (Lipinski definition) is 8. The van der Waals surface area contributed by atoms with Crippen LogP contribution in [0.25, 0.3) is 0 Å². The fourth-order valence-corrected chi connectivity index (χ4v) is 6.43. The molecule has 2 atom stereocenters. The van der Waals surface area contributed by atoms with E-state index in [0.29, 0.717) is 13.0 Å². The van der Waals surface area contributed by atoms with Gasteiger partial charge in [0.2, 0.25) is 0 Å². The molecule has 0 fully saturated rings. The maximum absolute atomic E-state index is 13.0. The van der Waals surface area contributed by atoms with E-state index in [9.17, 15) is 14.2 Å². The molecule has 2 unspecified atom stereocenters. The first-order valence-corrected chi connectivity index (χ1v) is 20.5. The van der Waals surface area contributed by atoms with Crippen LogP contribution in [0.1, 0.15) is 175 Å². The number of ether oxygens (including phenoxy) is 2. The molecule has 0 aromatic carbocycles. The average molecular weight is 679 g/mol. The third-order valence-corrected chi connectivity index (χ3v) is 9.60. The van der Waals surface area contributed by atoms with Gasteiger partial charge in [0.25, 0.3) is 0 Å². The number of likely N-dealkylation sites (N-methyl/N-ethyl adjacent to an activating group) is 1. The molecule has 2 N–H and O–H groups in total. The van der Waals surface area contributed by atoms with Crippen molar-refractivity contribution in [3.8, 4) is 0 Å². The topological polar surface area (TPSA) is 114 Å². The van der Waals surface area contributed by atoms with Crippen molar-refractivity contribution in [2.45, 2.75) is 181 Å². The van der Waals surface area contributed by atoms with Gasteiger partial charge in [-0.25, -0.2) is 4.57 Å². The summed E-state index contributed by atoms with van der Waals surface area (Å²) in [5.41, 5.74) is 0. The number of carbonyl (C=O) groups excluding carboxylic acids is 2. The number of hydrogen-bond donors (Lipinski definition) is 1. The van der Waals surface area contributed by atoms with Crippen molar-refractivity contribution >= 4 is 19.8 Å². The molecule has 0 aliphatic heterocycles. The standard InChI is InChI=1S/C36H72NO8P/c1-5-8-10-12-14-16-18-20-22-24-26-28-35(38)41-32-34(33-44-46(40,42-7-3)43-31-30-37-4)45-36(39)29-27-25-23-21-19-17-15-13-11-9-6-2/h34,37H,5-33H2,1-4H3/p+1. The van der Waals surface area contributed by atoms with E-state index in [2.05, 4.69) is 13.8 Å². The highest BCUT2D eigenvalue weighted by molar-refractivity contribution is 7.48. The first kappa shape index (κ1) is 45.0. The van der Waals surface area contributed by atoms with Gasteiger partial charge < -0.3 is 14.8 Å². The van der Waals surface area contributed by atoms with E-state index in [1.165, 1.54) is 103 Å². The van der Waals surface area contributed by atoms with Gasteiger partial charge in [0.1, 0.15) is 13.2 Å². The van der Waals surface area contributed by atoms with Gasteiger partial charge in [-0.2, -0.15) is 0 Å². The number of rotatable bonds is 36. The van der Waals surface area contributed by atoms with E-state index in [4.69, 9.17) is 23.0 Å². The lowest BCUT2D eigenvalue weighted by Crippen LogP contribution is -2.80. The zero-order valence-electron chi connectivity index (χ0n) is 30.4. The van der Waals surface area contributed by atoms with E-state index >= 15 is 0 Å². The van der Waals surface area contributed by atoms with Crippen molar-refractivity contribution < 1.29 is 42.5 Å². The van der Waals surface area contributed by atoms with Gasteiger partial charge in [-0.05, 0) is 19.8 Å². The minimum atomic E-state index is -3.83. The largest absolute Gasteiger partial charge is 0.475 e. The molecule has 9 nitrogen and oxygen atoms in total. The predicted octanol–water partition coefficient (Wildman–Crippen LogP) is 9.21. The van der Waals surface area contributed by atoms with E-state index in [1.807, 2.05) is 12.4 Å². The van der Waals surface area contributed by atoms with Gasteiger partial charge in [0, 0.05) is 12.8 Å². The second-order valence-corrected chi connectivity index (χ2v) is 14.2. The van der Waals surface area contributed by atoms with E-state index in [0.717, 1.165) is 38.5 Å². The van der Waals surface area contributed by atoms with Gasteiger partial charge in [-0.1, -0.05) is 142 Å². The van der Waals surface area contributed by atoms with Crippen LogP contribution in [0.4, 0.5) is 0 Å². The van der Waals surface area contributed by atoms with Crippen LogP contribution < -0.4 is 5.32 Å². The molecule has 0 spiro atoms. The number of esters is 2. The first-order valence-electron chi connectivity index (χ1n) is 19.1. The average Bonchev–Trinajstić information content (AvgIpc) is 3.04. The molecule has 0 aromatic heterocycles. The summed E-state index contributed by atoms with van der Waals surface area (Å²) in [6.07, 6.45) is 26.2. The molecule has 0 aromatic rings. The van der Waals surface area contributed by atoms with Crippen molar-refractivity contribution in [1.82, 2.24) is 0 Å². The minimum Gasteiger partial charge on any atom is -0.462 e. The SMILES string of the molecule is CCCCCCCCCCCCCC(=O)OCC(COP(=O)(OCC)OCC[NH2+]C)OC(=O)CCCCCCCCCCCCC. The Labute approximate surface area is 283 Å². The molecule has 0 rings (SSSR count). The third-order valence-electron chi connectivity index (χ3n) is 8.06. The van der Waals surface area contributed by atoms with E-state index in [1.54, 1.807) is 6.92 Å². The minimum absolute atomic E-state index is 0.143. The summed E-state index contributed by atoms with van der Waals surface area (Å²) in [4.78, 5) is 25.1. The number of quaternary nitrogens is 1. The van der Waals surface area contributed by atoms with Crippen LogP contribution >= 0.6 is 7.82 Å². The lowest BCUT2D eigenvalue weighted by molar-refractivity contribution is -0.627. The number of phosphoric ester groups is 1. The van der Waals surface area contributed by atoms with E-state index in [-0.39, 0.29) is 44.8 Å². The zero-order chi connectivity index (χ0) is 34.0. The van der Waals surface area contributed by atoms with Crippen LogP contribution in [0.15, 0.2) is 0 Å². The summed E-state index contributed by atoms with van der Waals surface area (Å²) < 4.78 is 40.3. The molecule has 0 amide bonds. The molecule has 0 aliphatic carbocycles. The fraction of sp³-hybridized carbons (Fsp3) is 0.944. The van der Waals surface area contributed by atoms with Crippen LogP contribution in [0, 0.1) is 0 Å². The molecule has 0 radical (unpaired) electrons. The summed E-state index contributed by atoms with van der Waals surface area (Å²) >= 11 is 0. The van der Waals surface area contributed by atoms with Gasteiger partial charge in [-0.15, -0.1) is 0 Å². The maximum atomic E-state index is 13.0. The van der Waals surface area contributed by atoms with Crippen LogP contribution in [-0.4, -0.2) is 58.1 Å². The molecule has 0 aliphatic rings. The zero-order valence-corrected chi connectivity index (χ0v) is 31.3. The fourth-order valence-electron chi connectivity index (χ4n) is 5.21. The Morgan fingerprint density at radius 2 is 1.00 bits per heavy atom. The van der Waals surface area contributed by atoms with Gasteiger partial charge in [0.15, 0.2) is 6.10 Å². The molecular formula is C36H73NO8P+. The molecule has 0 saturated heterocycles. The van der Waals surface area contributed by atoms with Gasteiger partial charge in [0.05, 0.1) is 26.8 Å². The van der Waals surface area contributed by atoms with Crippen molar-refractivity contribution in [2.24, 2.45) is 0 Å². The van der Waals surface area contributed by atoms with Crippen molar-refractivity contribution in [3.05, 3.63) is 0 Å². The van der Waals surface area contributed by atoms with Crippen molar-refractivity contribution in [3.63, 3.8) is 0 Å². The Balaban J connectivity index is 4.51. The number of nitrogens with two attached hydrogens (primary N) is 1. The molecular weight excluding hydrogens is 605 g/mol. The number of carbonyl (C=O) groups is 2. The lowest BCUT2D eigenvalue weighted by atomic mass is 10.1. The van der Waals surface area contributed by atoms with Gasteiger partial charge in [-0.3, -0.25) is 23.2 Å². The summed E-state index contributed by atoms with van der Waals surface area (Å²) in [5.74, 6) is -0.705. The number of unbranched alkanes of at least 4 members (excludes halogenated alkanes) is 20. The number of phosphoric acid groups is 1. The van der Waals surface area contributed by atoms with Crippen LogP contribution in [-0.2, 0) is 37.2 Å². The normalized spacial score (nSPS) is 13.4. The highest BCUT2D eigenvalue weighted by atomic mass is 31.2. The lowest BCUT2D eigenvalue weighted by Gasteiger charge is -2.21. The Morgan fingerprint density at radius 3 is 1.43 bits per heavy atom. The maximum Gasteiger partial charge on any atom is 0.475 e. The third kappa shape index (κ3) is 30.4. The summed E-state index contributed by atoms with van der Waals surface area (Å²) in [6.45, 7) is 6.70. The Bertz CT molecular complexity index is 739. The summed E-state index contributed by atoms with van der Waals surface area (Å²) in [7, 11) is -1.95. The smallest absolute Gasteiger partial charge is 0.462 e. The first-order chi connectivity index (χ1) is 22.4. The monoisotopic (exact) mass is 679 g/mol. The molecule has 0 bridgehead atoms. The van der Waals surface area contributed by atoms with Gasteiger partial charge >= 0.3 is 19.8 Å². The van der Waals surface area contributed by atoms with Crippen molar-refractivity contribution in [2.75, 3.05) is 40.0 Å². The Kier molecular flexibility index (Phi) is 33.2. The van der Waals surface area contributed by atoms with Crippen molar-refractivity contribution in [1.29, 1.82) is 0 Å². The second-order valence-electron chi connectivity index (χ2n) is 12.6. The molecule has 46 heavy (non-hydrogen) atoms. The second kappa shape index (κ2) is 33.9. The Hall–Kier alpha value is -0.990. The highest BCUT2D eigenvalue weighted by Gasteiger charge is 2.29. The predicted molar refractivity (Wildman–Crippen MR) is 187 cm³/mol. The summed E-state index contributed by atoms with van der Waals surface area (Å²) in [6, 6.07) is 0. The molecule has 0 saturated carbocycles. The van der Waals surface area contributed by atoms with Crippen LogP contribution in [0.2, 0.25) is 0 Å². The molecule has 10 heteroatoms. The Morgan fingerprint density at radius 1 is 0.565 bits per heavy atom. The molecule has 0 heterocycles. The van der Waals surface area contributed by atoms with E-state index < -0.39 is 13.9 Å². The quantitative estimate of drug-likeness (QED) is 0.0396. The van der Waals surface area contributed by atoms with Crippen LogP contribution in [0.5, 0.6) is 0 Å². The molecule has 274 valence electrons. The highest BCUT2D eigenvalue weighted by Crippen LogP contribution is 2.49. The van der Waals surface area contributed by atoms with Crippen LogP contribution in [0.3, 0.4) is 0 Å². The summed E-state index contributed by atoms with van der Waals surface area (Å²) in [5, 5.41) is 1.89.